The van der Waals surface area contributed by atoms with Crippen molar-refractivity contribution >= 4 is 17.8 Å². The molecule has 8 nitrogen and oxygen atoms in total. The number of Topliss-reactive ketones (excluding diaryl/α,β-unsaturated/α-hetero) is 1. The first-order valence-electron chi connectivity index (χ1n) is 5.98. The van der Waals surface area contributed by atoms with Gasteiger partial charge >= 0.3 is 12.0 Å². The molecule has 0 aliphatic carbocycles. The van der Waals surface area contributed by atoms with Crippen LogP contribution in [0.25, 0.3) is 0 Å². The van der Waals surface area contributed by atoms with Gasteiger partial charge in [-0.2, -0.15) is 0 Å². The van der Waals surface area contributed by atoms with E-state index in [1.54, 1.807) is 13.8 Å². The summed E-state index contributed by atoms with van der Waals surface area (Å²) in [5.41, 5.74) is 14.1. The highest BCUT2D eigenvalue weighted by Gasteiger charge is 2.44. The van der Waals surface area contributed by atoms with Gasteiger partial charge in [0.2, 0.25) is 0 Å². The molecule has 0 aliphatic heterocycles. The van der Waals surface area contributed by atoms with E-state index in [1.807, 2.05) is 0 Å². The van der Waals surface area contributed by atoms with Crippen LogP contribution in [0.1, 0.15) is 26.7 Å². The third-order valence-corrected chi connectivity index (χ3v) is 2.89. The Morgan fingerprint density at radius 2 is 1.84 bits per heavy atom. The van der Waals surface area contributed by atoms with E-state index in [4.69, 9.17) is 22.3 Å². The summed E-state index contributed by atoms with van der Waals surface area (Å²) in [7, 11) is 0. The van der Waals surface area contributed by atoms with Crippen LogP contribution in [-0.2, 0) is 9.59 Å². The molecule has 0 rings (SSSR count). The monoisotopic (exact) mass is 274 g/mol. The fourth-order valence-corrected chi connectivity index (χ4v) is 1.51. The van der Waals surface area contributed by atoms with Crippen molar-refractivity contribution in [3.8, 4) is 0 Å². The van der Waals surface area contributed by atoms with Crippen molar-refractivity contribution in [3.05, 3.63) is 0 Å². The Balaban J connectivity index is 4.72. The second-order valence-corrected chi connectivity index (χ2v) is 4.81. The van der Waals surface area contributed by atoms with Gasteiger partial charge in [-0.15, -0.1) is 0 Å². The quantitative estimate of drug-likeness (QED) is 0.275. The molecule has 0 aromatic heterocycles. The predicted octanol–water partition coefficient (Wildman–Crippen LogP) is -1.23. The number of carbonyl (C=O) groups is 3. The van der Waals surface area contributed by atoms with Gasteiger partial charge in [0.1, 0.15) is 0 Å². The van der Waals surface area contributed by atoms with Crippen molar-refractivity contribution < 1.29 is 19.5 Å². The first-order valence-corrected chi connectivity index (χ1v) is 5.98. The fraction of sp³-hybridized carbons (Fsp3) is 0.727. The van der Waals surface area contributed by atoms with Gasteiger partial charge in [-0.3, -0.25) is 4.79 Å². The highest BCUT2D eigenvalue weighted by Crippen LogP contribution is 2.16. The molecule has 0 saturated heterocycles. The van der Waals surface area contributed by atoms with Crippen molar-refractivity contribution in [2.75, 3.05) is 6.54 Å². The van der Waals surface area contributed by atoms with Crippen LogP contribution in [0, 0.1) is 5.92 Å². The van der Waals surface area contributed by atoms with Gasteiger partial charge < -0.3 is 27.6 Å². The average Bonchev–Trinajstić information content (AvgIpc) is 2.31. The van der Waals surface area contributed by atoms with E-state index in [0.29, 0.717) is 0 Å². The van der Waals surface area contributed by atoms with Crippen molar-refractivity contribution in [1.29, 1.82) is 0 Å². The molecule has 0 spiro atoms. The summed E-state index contributed by atoms with van der Waals surface area (Å²) in [5, 5.41) is 11.4. The van der Waals surface area contributed by atoms with Gasteiger partial charge in [0.05, 0.1) is 6.04 Å². The molecule has 0 bridgehead atoms. The van der Waals surface area contributed by atoms with Crippen LogP contribution in [-0.4, -0.2) is 41.0 Å². The highest BCUT2D eigenvalue weighted by molar-refractivity contribution is 6.09. The third kappa shape index (κ3) is 4.84. The fourth-order valence-electron chi connectivity index (χ4n) is 1.51. The Hall–Kier alpha value is -1.67. The number of carboxylic acid groups (broad SMARTS) is 1. The number of hydrogen-bond acceptors (Lipinski definition) is 5. The van der Waals surface area contributed by atoms with E-state index in [0.717, 1.165) is 0 Å². The number of carboxylic acids is 1. The molecular weight excluding hydrogens is 252 g/mol. The molecule has 2 amide bonds. The van der Waals surface area contributed by atoms with E-state index in [9.17, 15) is 14.4 Å². The van der Waals surface area contributed by atoms with Crippen molar-refractivity contribution in [2.24, 2.45) is 23.1 Å². The zero-order chi connectivity index (χ0) is 15.2. The van der Waals surface area contributed by atoms with Crippen LogP contribution in [0.5, 0.6) is 0 Å². The number of hydrogen-bond donors (Lipinski definition) is 5. The van der Waals surface area contributed by atoms with Gasteiger partial charge in [-0.1, -0.05) is 13.8 Å². The number of rotatable bonds is 8. The summed E-state index contributed by atoms with van der Waals surface area (Å²) in [6.45, 7) is 3.56. The minimum absolute atomic E-state index is 0.123. The lowest BCUT2D eigenvalue weighted by atomic mass is 9.83. The number of nitrogens with two attached hydrogens (primary N) is 3. The summed E-state index contributed by atoms with van der Waals surface area (Å²) in [6, 6.07) is -1.66. The Kier molecular flexibility index (Phi) is 6.43. The Labute approximate surface area is 111 Å². The van der Waals surface area contributed by atoms with Gasteiger partial charge in [0.25, 0.3) is 0 Å². The zero-order valence-corrected chi connectivity index (χ0v) is 11.2. The van der Waals surface area contributed by atoms with E-state index in [2.05, 4.69) is 5.32 Å². The summed E-state index contributed by atoms with van der Waals surface area (Å²) in [5.74, 6) is -2.35. The summed E-state index contributed by atoms with van der Waals surface area (Å²) in [6.07, 6.45) is 0.0875. The normalized spacial score (nSPS) is 15.6. The smallest absolute Gasteiger partial charge is 0.331 e. The second kappa shape index (κ2) is 7.05. The minimum atomic E-state index is -2.04. The van der Waals surface area contributed by atoms with Gasteiger partial charge in [-0.25, -0.2) is 9.59 Å². The molecule has 1 unspecified atom stereocenters. The molecular formula is C11H22N4O4. The number of nitrogens with one attached hydrogen (secondary N) is 1. The predicted molar refractivity (Wildman–Crippen MR) is 69.2 cm³/mol. The number of urea groups is 1. The lowest BCUT2D eigenvalue weighted by Crippen LogP contribution is -2.61. The number of ketones is 1. The lowest BCUT2D eigenvalue weighted by molar-refractivity contribution is -0.149. The summed E-state index contributed by atoms with van der Waals surface area (Å²) < 4.78 is 0. The highest BCUT2D eigenvalue weighted by atomic mass is 16.4. The lowest BCUT2D eigenvalue weighted by Gasteiger charge is -2.27. The largest absolute Gasteiger partial charge is 0.480 e. The van der Waals surface area contributed by atoms with E-state index in [1.165, 1.54) is 0 Å². The van der Waals surface area contributed by atoms with Gasteiger partial charge in [0.15, 0.2) is 11.3 Å². The Morgan fingerprint density at radius 1 is 1.32 bits per heavy atom. The standard InChI is InChI=1S/C11H22N4O4/c1-6(2)7(12)8(16)11(14,9(17)18)4-3-5-15-10(13)19/h6-7H,3-5,12,14H2,1-2H3,(H,17,18)(H3,13,15,19)/t7?,11-/m0/s1. The molecule has 0 radical (unpaired) electrons. The van der Waals surface area contributed by atoms with Gasteiger partial charge in [-0.05, 0) is 18.8 Å². The molecule has 0 aromatic carbocycles. The minimum Gasteiger partial charge on any atom is -0.480 e. The molecule has 8 heteroatoms. The SMILES string of the molecule is CC(C)C(N)C(=O)[C@@](N)(CCCNC(N)=O)C(=O)O. The molecule has 8 N–H and O–H groups in total. The van der Waals surface area contributed by atoms with Gasteiger partial charge in [0, 0.05) is 6.54 Å². The molecule has 110 valence electrons. The van der Waals surface area contributed by atoms with Crippen LogP contribution >= 0.6 is 0 Å². The molecule has 19 heavy (non-hydrogen) atoms. The van der Waals surface area contributed by atoms with Crippen LogP contribution in [0.4, 0.5) is 4.79 Å². The molecule has 0 aliphatic rings. The molecule has 0 fully saturated rings. The van der Waals surface area contributed by atoms with E-state index in [-0.39, 0.29) is 25.3 Å². The summed E-state index contributed by atoms with van der Waals surface area (Å²) >= 11 is 0. The molecule has 2 atom stereocenters. The maximum absolute atomic E-state index is 12.0. The molecule has 0 saturated carbocycles. The zero-order valence-electron chi connectivity index (χ0n) is 11.2. The first kappa shape index (κ1) is 17.3. The number of primary amides is 1. The maximum atomic E-state index is 12.0. The van der Waals surface area contributed by atoms with Crippen LogP contribution < -0.4 is 22.5 Å². The number of aliphatic carboxylic acids is 1. The van der Waals surface area contributed by atoms with E-state index < -0.39 is 29.4 Å². The topological polar surface area (TPSA) is 162 Å². The van der Waals surface area contributed by atoms with Crippen LogP contribution in [0.15, 0.2) is 0 Å². The van der Waals surface area contributed by atoms with Crippen LogP contribution in [0.2, 0.25) is 0 Å². The van der Waals surface area contributed by atoms with E-state index >= 15 is 0 Å². The molecule has 0 aromatic rings. The average molecular weight is 274 g/mol. The van der Waals surface area contributed by atoms with Crippen molar-refractivity contribution in [2.45, 2.75) is 38.3 Å². The maximum Gasteiger partial charge on any atom is 0.331 e. The second-order valence-electron chi connectivity index (χ2n) is 4.81. The summed E-state index contributed by atoms with van der Waals surface area (Å²) in [4.78, 5) is 33.7. The number of carbonyl (C=O) groups excluding carboxylic acids is 2. The Morgan fingerprint density at radius 3 is 2.21 bits per heavy atom. The van der Waals surface area contributed by atoms with Crippen molar-refractivity contribution in [1.82, 2.24) is 5.32 Å². The Bertz CT molecular complexity index is 359. The number of amides is 2. The first-order chi connectivity index (χ1) is 8.62. The van der Waals surface area contributed by atoms with Crippen LogP contribution in [0.3, 0.4) is 0 Å². The van der Waals surface area contributed by atoms with Crippen molar-refractivity contribution in [3.63, 3.8) is 0 Å². The molecule has 0 heterocycles. The third-order valence-electron chi connectivity index (χ3n) is 2.89.